The van der Waals surface area contributed by atoms with Crippen molar-refractivity contribution >= 4 is 5.78 Å². The van der Waals surface area contributed by atoms with Crippen LogP contribution in [0.4, 0.5) is 0 Å². The van der Waals surface area contributed by atoms with Gasteiger partial charge in [0.15, 0.2) is 5.78 Å². The fraction of sp³-hybridized carbons (Fsp3) is 0.0909. The minimum Gasteiger partial charge on any atom is -0.464 e. The van der Waals surface area contributed by atoms with Crippen molar-refractivity contribution in [3.8, 4) is 11.3 Å². The van der Waals surface area contributed by atoms with E-state index in [1.165, 1.54) is 6.92 Å². The van der Waals surface area contributed by atoms with Crippen molar-refractivity contribution < 1.29 is 9.21 Å². The van der Waals surface area contributed by atoms with Crippen molar-refractivity contribution in [2.24, 2.45) is 0 Å². The number of hydrogen-bond donors (Lipinski definition) is 0. The van der Waals surface area contributed by atoms with E-state index in [2.05, 4.69) is 4.98 Å². The predicted molar refractivity (Wildman–Crippen MR) is 51.9 cm³/mol. The average Bonchev–Trinajstić information content (AvgIpc) is 2.71. The highest BCUT2D eigenvalue weighted by Gasteiger charge is 2.04. The van der Waals surface area contributed by atoms with Gasteiger partial charge in [-0.2, -0.15) is 0 Å². The summed E-state index contributed by atoms with van der Waals surface area (Å²) in [5.74, 6) is 0.728. The maximum atomic E-state index is 11.1. The largest absolute Gasteiger partial charge is 0.464 e. The van der Waals surface area contributed by atoms with Crippen molar-refractivity contribution in [2.75, 3.05) is 0 Å². The fourth-order valence-corrected chi connectivity index (χ4v) is 1.21. The number of carbonyl (C=O) groups excluding carboxylic acids is 1. The van der Waals surface area contributed by atoms with Gasteiger partial charge in [-0.05, 0) is 25.1 Å². The first-order valence-electron chi connectivity index (χ1n) is 4.27. The quantitative estimate of drug-likeness (QED) is 0.678. The normalized spacial score (nSPS) is 10.1. The molecule has 0 aliphatic carbocycles. The molecule has 0 aliphatic rings. The maximum absolute atomic E-state index is 11.1. The SMILES string of the molecule is CC(=O)c1cncc(-c2ccco2)c1. The number of rotatable bonds is 2. The molecule has 2 rings (SSSR count). The minimum atomic E-state index is 0.00547. The van der Waals surface area contributed by atoms with E-state index >= 15 is 0 Å². The lowest BCUT2D eigenvalue weighted by Gasteiger charge is -1.98. The molecule has 0 radical (unpaired) electrons. The zero-order valence-corrected chi connectivity index (χ0v) is 7.73. The van der Waals surface area contributed by atoms with Gasteiger partial charge in [-0.15, -0.1) is 0 Å². The first-order chi connectivity index (χ1) is 6.77. The third kappa shape index (κ3) is 1.57. The van der Waals surface area contributed by atoms with Crippen LogP contribution >= 0.6 is 0 Å². The zero-order chi connectivity index (χ0) is 9.97. The van der Waals surface area contributed by atoms with Gasteiger partial charge in [0.2, 0.25) is 0 Å². The van der Waals surface area contributed by atoms with E-state index < -0.39 is 0 Å². The van der Waals surface area contributed by atoms with Crippen molar-refractivity contribution in [1.29, 1.82) is 0 Å². The second kappa shape index (κ2) is 3.46. The van der Waals surface area contributed by atoms with E-state index in [1.54, 1.807) is 30.8 Å². The Morgan fingerprint density at radius 1 is 1.43 bits per heavy atom. The van der Waals surface area contributed by atoms with E-state index in [4.69, 9.17) is 4.42 Å². The molecule has 2 aromatic rings. The summed E-state index contributed by atoms with van der Waals surface area (Å²) < 4.78 is 5.20. The van der Waals surface area contributed by atoms with Gasteiger partial charge in [0.25, 0.3) is 0 Å². The molecule has 0 N–H and O–H groups in total. The lowest BCUT2D eigenvalue weighted by atomic mass is 10.1. The summed E-state index contributed by atoms with van der Waals surface area (Å²) in [6.45, 7) is 1.52. The van der Waals surface area contributed by atoms with Crippen LogP contribution in [0.3, 0.4) is 0 Å². The molecule has 0 bridgehead atoms. The molecule has 2 heterocycles. The Morgan fingerprint density at radius 3 is 2.93 bits per heavy atom. The van der Waals surface area contributed by atoms with Crippen LogP contribution in [0.1, 0.15) is 17.3 Å². The molecule has 3 nitrogen and oxygen atoms in total. The van der Waals surface area contributed by atoms with Gasteiger partial charge in [-0.25, -0.2) is 0 Å². The van der Waals surface area contributed by atoms with E-state index in [0.717, 1.165) is 11.3 Å². The number of ketones is 1. The highest BCUT2D eigenvalue weighted by molar-refractivity contribution is 5.94. The molecule has 0 amide bonds. The zero-order valence-electron chi connectivity index (χ0n) is 7.73. The van der Waals surface area contributed by atoms with Crippen LogP contribution in [0.2, 0.25) is 0 Å². The molecule has 14 heavy (non-hydrogen) atoms. The molecular formula is C11H9NO2. The molecule has 0 aliphatic heterocycles. The molecule has 0 fully saturated rings. The standard InChI is InChI=1S/C11H9NO2/c1-8(13)9-5-10(7-12-6-9)11-3-2-4-14-11/h2-7H,1H3. The van der Waals surface area contributed by atoms with Gasteiger partial charge in [0.05, 0.1) is 6.26 Å². The summed E-state index contributed by atoms with van der Waals surface area (Å²) in [4.78, 5) is 15.1. The monoisotopic (exact) mass is 187 g/mol. The average molecular weight is 187 g/mol. The Morgan fingerprint density at radius 2 is 2.29 bits per heavy atom. The number of carbonyl (C=O) groups is 1. The maximum Gasteiger partial charge on any atom is 0.161 e. The van der Waals surface area contributed by atoms with E-state index in [9.17, 15) is 4.79 Å². The Kier molecular flexibility index (Phi) is 2.14. The van der Waals surface area contributed by atoms with Gasteiger partial charge >= 0.3 is 0 Å². The van der Waals surface area contributed by atoms with Crippen molar-refractivity contribution in [3.05, 3.63) is 42.4 Å². The van der Waals surface area contributed by atoms with Gasteiger partial charge in [0.1, 0.15) is 5.76 Å². The summed E-state index contributed by atoms with van der Waals surface area (Å²) in [6, 6.07) is 5.41. The van der Waals surface area contributed by atoms with Gasteiger partial charge in [0, 0.05) is 23.5 Å². The Labute approximate surface area is 81.4 Å². The first kappa shape index (κ1) is 8.69. The van der Waals surface area contributed by atoms with Crippen molar-refractivity contribution in [1.82, 2.24) is 4.98 Å². The summed E-state index contributed by atoms with van der Waals surface area (Å²) in [6.07, 6.45) is 4.82. The number of nitrogens with zero attached hydrogens (tertiary/aromatic N) is 1. The molecular weight excluding hydrogens is 178 g/mol. The third-order valence-electron chi connectivity index (χ3n) is 1.95. The number of aromatic nitrogens is 1. The molecule has 0 saturated heterocycles. The summed E-state index contributed by atoms with van der Waals surface area (Å²) >= 11 is 0. The number of pyridine rings is 1. The van der Waals surface area contributed by atoms with Gasteiger partial charge in [-0.1, -0.05) is 0 Å². The second-order valence-electron chi connectivity index (χ2n) is 3.00. The van der Waals surface area contributed by atoms with Crippen LogP contribution < -0.4 is 0 Å². The Hall–Kier alpha value is -1.90. The molecule has 0 atom stereocenters. The van der Waals surface area contributed by atoms with Crippen molar-refractivity contribution in [2.45, 2.75) is 6.92 Å². The lowest BCUT2D eigenvalue weighted by molar-refractivity contribution is 0.101. The molecule has 0 unspecified atom stereocenters. The van der Waals surface area contributed by atoms with E-state index in [-0.39, 0.29) is 5.78 Å². The van der Waals surface area contributed by atoms with Crippen LogP contribution in [0.5, 0.6) is 0 Å². The Balaban J connectivity index is 2.46. The molecule has 0 aromatic carbocycles. The highest BCUT2D eigenvalue weighted by atomic mass is 16.3. The number of hydrogen-bond acceptors (Lipinski definition) is 3. The predicted octanol–water partition coefficient (Wildman–Crippen LogP) is 2.54. The summed E-state index contributed by atoms with van der Waals surface area (Å²) in [5.41, 5.74) is 1.42. The molecule has 2 aromatic heterocycles. The topological polar surface area (TPSA) is 43.1 Å². The van der Waals surface area contributed by atoms with Gasteiger partial charge in [-0.3, -0.25) is 9.78 Å². The van der Waals surface area contributed by atoms with E-state index in [1.807, 2.05) is 6.07 Å². The van der Waals surface area contributed by atoms with Crippen molar-refractivity contribution in [3.63, 3.8) is 0 Å². The Bertz CT molecular complexity index is 446. The van der Waals surface area contributed by atoms with Crippen LogP contribution in [-0.2, 0) is 0 Å². The summed E-state index contributed by atoms with van der Waals surface area (Å²) in [5, 5.41) is 0. The third-order valence-corrected chi connectivity index (χ3v) is 1.95. The van der Waals surface area contributed by atoms with Crippen LogP contribution in [0, 0.1) is 0 Å². The molecule has 3 heteroatoms. The molecule has 0 saturated carbocycles. The number of furan rings is 1. The smallest absolute Gasteiger partial charge is 0.161 e. The second-order valence-corrected chi connectivity index (χ2v) is 3.00. The van der Waals surface area contributed by atoms with Crippen LogP contribution in [-0.4, -0.2) is 10.8 Å². The molecule has 70 valence electrons. The fourth-order valence-electron chi connectivity index (χ4n) is 1.21. The van der Waals surface area contributed by atoms with Gasteiger partial charge < -0.3 is 4.42 Å². The lowest BCUT2D eigenvalue weighted by Crippen LogP contribution is -1.93. The van der Waals surface area contributed by atoms with Crippen LogP contribution in [0.25, 0.3) is 11.3 Å². The highest BCUT2D eigenvalue weighted by Crippen LogP contribution is 2.19. The van der Waals surface area contributed by atoms with E-state index in [0.29, 0.717) is 5.56 Å². The first-order valence-corrected chi connectivity index (χ1v) is 4.27. The van der Waals surface area contributed by atoms with Crippen LogP contribution in [0.15, 0.2) is 41.3 Å². The molecule has 0 spiro atoms. The number of Topliss-reactive ketones (excluding diaryl/α,β-unsaturated/α-hetero) is 1. The summed E-state index contributed by atoms with van der Waals surface area (Å²) in [7, 11) is 0. The minimum absolute atomic E-state index is 0.00547.